The van der Waals surface area contributed by atoms with Gasteiger partial charge in [0, 0.05) is 19.3 Å². The Morgan fingerprint density at radius 2 is 0.792 bits per heavy atom. The summed E-state index contributed by atoms with van der Waals surface area (Å²) in [5.74, 6) is -2.53. The maximum atomic E-state index is 12.3. The molecule has 24 heavy (non-hydrogen) atoms. The summed E-state index contributed by atoms with van der Waals surface area (Å²) in [4.78, 5) is 37.0. The summed E-state index contributed by atoms with van der Waals surface area (Å²) in [5, 5.41) is 32.2. The van der Waals surface area contributed by atoms with Crippen molar-refractivity contribution in [2.75, 3.05) is 0 Å². The molecule has 6 heteroatoms. The van der Waals surface area contributed by atoms with Gasteiger partial charge in [-0.2, -0.15) is 0 Å². The first kappa shape index (κ1) is 20.2. The van der Waals surface area contributed by atoms with Gasteiger partial charge in [-0.15, -0.1) is 0 Å². The number of hydrogen-bond donors (Lipinski definition) is 3. The number of aliphatic hydroxyl groups is 3. The Kier molecular flexibility index (Phi) is 5.21. The van der Waals surface area contributed by atoms with Crippen LogP contribution in [-0.4, -0.2) is 49.5 Å². The minimum atomic E-state index is -2.30. The third-order valence-electron chi connectivity index (χ3n) is 4.19. The molecular weight excluding hydrogens is 312 g/mol. The third-order valence-corrected chi connectivity index (χ3v) is 4.19. The molecule has 0 aromatic rings. The Morgan fingerprint density at radius 1 is 0.625 bits per heavy atom. The lowest BCUT2D eigenvalue weighted by atomic mass is 9.62. The van der Waals surface area contributed by atoms with E-state index in [9.17, 15) is 29.7 Å². The summed E-state index contributed by atoms with van der Waals surface area (Å²) in [7, 11) is 0. The zero-order valence-corrected chi connectivity index (χ0v) is 14.3. The minimum absolute atomic E-state index is 0.0188. The molecule has 0 radical (unpaired) electrons. The van der Waals surface area contributed by atoms with Crippen LogP contribution in [0.4, 0.5) is 0 Å². The molecule has 0 aromatic carbocycles. The predicted molar refractivity (Wildman–Crippen MR) is 88.2 cm³/mol. The van der Waals surface area contributed by atoms with Gasteiger partial charge in [0.15, 0.2) is 17.3 Å². The summed E-state index contributed by atoms with van der Waals surface area (Å²) < 4.78 is 0. The topological polar surface area (TPSA) is 112 Å². The van der Waals surface area contributed by atoms with Crippen LogP contribution in [0, 0.1) is 0 Å². The van der Waals surface area contributed by atoms with Crippen LogP contribution < -0.4 is 0 Å². The fourth-order valence-corrected chi connectivity index (χ4v) is 3.31. The van der Waals surface area contributed by atoms with Gasteiger partial charge in [-0.1, -0.05) is 19.7 Å². The van der Waals surface area contributed by atoms with Crippen molar-refractivity contribution in [3.63, 3.8) is 0 Å². The van der Waals surface area contributed by atoms with Crippen molar-refractivity contribution >= 4 is 17.3 Å². The number of rotatable bonds is 6. The highest BCUT2D eigenvalue weighted by Gasteiger charge is 2.61. The smallest absolute Gasteiger partial charge is 0.189 e. The predicted octanol–water partition coefficient (Wildman–Crippen LogP) is 0.799. The largest absolute Gasteiger partial charge is 0.381 e. The molecule has 0 unspecified atom stereocenters. The van der Waals surface area contributed by atoms with Crippen molar-refractivity contribution in [3.8, 4) is 0 Å². The zero-order valence-electron chi connectivity index (χ0n) is 14.3. The second-order valence-corrected chi connectivity index (χ2v) is 6.95. The Morgan fingerprint density at radius 3 is 0.917 bits per heavy atom. The van der Waals surface area contributed by atoms with E-state index in [1.54, 1.807) is 0 Å². The van der Waals surface area contributed by atoms with E-state index in [2.05, 4.69) is 19.7 Å². The standard InChI is InChI=1S/C18H24O6/c1-10(2)13(19)16(22)7-17(23,14(20)11(3)4)9-18(24,8-16)15(21)12(5)6/h22-24H,1,3,5,7-9H2,2,4,6H3. The Labute approximate surface area is 141 Å². The molecule has 0 aliphatic heterocycles. The third kappa shape index (κ3) is 3.45. The normalized spacial score (nSPS) is 32.8. The lowest BCUT2D eigenvalue weighted by molar-refractivity contribution is -0.189. The maximum absolute atomic E-state index is 12.3. The minimum Gasteiger partial charge on any atom is -0.381 e. The molecule has 1 aliphatic rings. The Hall–Kier alpha value is -1.89. The van der Waals surface area contributed by atoms with Gasteiger partial charge in [-0.25, -0.2) is 0 Å². The van der Waals surface area contributed by atoms with Crippen LogP contribution >= 0.6 is 0 Å². The van der Waals surface area contributed by atoms with Crippen molar-refractivity contribution in [1.82, 2.24) is 0 Å². The van der Waals surface area contributed by atoms with Gasteiger partial charge in [-0.05, 0) is 37.5 Å². The molecule has 0 bridgehead atoms. The number of carbonyl (C=O) groups excluding carboxylic acids is 3. The summed E-state index contributed by atoms with van der Waals surface area (Å²) in [5.41, 5.74) is -6.96. The highest BCUT2D eigenvalue weighted by atomic mass is 16.3. The van der Waals surface area contributed by atoms with Gasteiger partial charge >= 0.3 is 0 Å². The molecule has 0 saturated heterocycles. The SMILES string of the molecule is C=C(C)C(=O)C1(O)CC(O)(C(=O)C(=C)C)CC(O)(C(=O)C(=C)C)C1. The van der Waals surface area contributed by atoms with Crippen LogP contribution in [0.25, 0.3) is 0 Å². The number of Topliss-reactive ketones (excluding diaryl/α,β-unsaturated/α-hetero) is 3. The van der Waals surface area contributed by atoms with E-state index in [4.69, 9.17) is 0 Å². The lowest BCUT2D eigenvalue weighted by Gasteiger charge is -2.47. The van der Waals surface area contributed by atoms with Crippen LogP contribution in [0.2, 0.25) is 0 Å². The monoisotopic (exact) mass is 336 g/mol. The average Bonchev–Trinajstić information content (AvgIpc) is 2.42. The second-order valence-electron chi connectivity index (χ2n) is 6.95. The van der Waals surface area contributed by atoms with E-state index in [-0.39, 0.29) is 16.7 Å². The van der Waals surface area contributed by atoms with Gasteiger partial charge < -0.3 is 15.3 Å². The van der Waals surface area contributed by atoms with Gasteiger partial charge in [0.25, 0.3) is 0 Å². The Balaban J connectivity index is 3.52. The Bertz CT molecular complexity index is 558. The highest BCUT2D eigenvalue weighted by Crippen LogP contribution is 2.45. The summed E-state index contributed by atoms with van der Waals surface area (Å²) in [6, 6.07) is 0. The van der Waals surface area contributed by atoms with E-state index in [1.165, 1.54) is 20.8 Å². The van der Waals surface area contributed by atoms with E-state index < -0.39 is 53.4 Å². The molecule has 0 amide bonds. The molecule has 1 fully saturated rings. The van der Waals surface area contributed by atoms with E-state index in [0.29, 0.717) is 0 Å². The van der Waals surface area contributed by atoms with Crippen molar-refractivity contribution in [2.45, 2.75) is 56.8 Å². The molecule has 1 aliphatic carbocycles. The molecule has 6 nitrogen and oxygen atoms in total. The van der Waals surface area contributed by atoms with Crippen LogP contribution in [0.5, 0.6) is 0 Å². The quantitative estimate of drug-likeness (QED) is 0.619. The van der Waals surface area contributed by atoms with Gasteiger partial charge in [0.1, 0.15) is 16.8 Å². The molecule has 0 aromatic heterocycles. The molecular formula is C18H24O6. The fraction of sp³-hybridized carbons (Fsp3) is 0.500. The molecule has 0 heterocycles. The first-order valence-corrected chi connectivity index (χ1v) is 7.47. The van der Waals surface area contributed by atoms with Crippen LogP contribution in [0.3, 0.4) is 0 Å². The first-order valence-electron chi connectivity index (χ1n) is 7.47. The first-order chi connectivity index (χ1) is 10.7. The van der Waals surface area contributed by atoms with Gasteiger partial charge in [-0.3, -0.25) is 14.4 Å². The van der Waals surface area contributed by atoms with Gasteiger partial charge in [0.2, 0.25) is 0 Å². The fourth-order valence-electron chi connectivity index (χ4n) is 3.31. The van der Waals surface area contributed by atoms with Crippen molar-refractivity contribution in [3.05, 3.63) is 36.5 Å². The summed E-state index contributed by atoms with van der Waals surface area (Å²) in [6.45, 7) is 14.4. The summed E-state index contributed by atoms with van der Waals surface area (Å²) in [6.07, 6.45) is -1.95. The van der Waals surface area contributed by atoms with Gasteiger partial charge in [0.05, 0.1) is 0 Å². The summed E-state index contributed by atoms with van der Waals surface area (Å²) >= 11 is 0. The molecule has 0 spiro atoms. The maximum Gasteiger partial charge on any atom is 0.189 e. The molecule has 1 saturated carbocycles. The van der Waals surface area contributed by atoms with Crippen LogP contribution in [-0.2, 0) is 14.4 Å². The molecule has 132 valence electrons. The van der Waals surface area contributed by atoms with E-state index in [1.807, 2.05) is 0 Å². The van der Waals surface area contributed by atoms with Crippen molar-refractivity contribution < 1.29 is 29.7 Å². The average molecular weight is 336 g/mol. The lowest BCUT2D eigenvalue weighted by Crippen LogP contribution is -2.64. The van der Waals surface area contributed by atoms with E-state index >= 15 is 0 Å². The number of hydrogen-bond acceptors (Lipinski definition) is 6. The molecule has 0 atom stereocenters. The second kappa shape index (κ2) is 6.20. The van der Waals surface area contributed by atoms with Crippen LogP contribution in [0.15, 0.2) is 36.5 Å². The number of ketones is 3. The van der Waals surface area contributed by atoms with Crippen molar-refractivity contribution in [1.29, 1.82) is 0 Å². The van der Waals surface area contributed by atoms with Crippen LogP contribution in [0.1, 0.15) is 40.0 Å². The molecule has 3 N–H and O–H groups in total. The highest BCUT2D eigenvalue weighted by molar-refractivity contribution is 6.08. The van der Waals surface area contributed by atoms with E-state index in [0.717, 1.165) is 0 Å². The number of carbonyl (C=O) groups is 3. The van der Waals surface area contributed by atoms with Crippen molar-refractivity contribution in [2.24, 2.45) is 0 Å². The molecule has 1 rings (SSSR count). The zero-order chi connectivity index (χ0) is 19.1.